The zero-order chi connectivity index (χ0) is 15.1. The average Bonchev–Trinajstić information content (AvgIpc) is 2.85. The fourth-order valence-electron chi connectivity index (χ4n) is 3.21. The van der Waals surface area contributed by atoms with E-state index in [4.69, 9.17) is 4.98 Å². The van der Waals surface area contributed by atoms with Gasteiger partial charge in [-0.3, -0.25) is 0 Å². The Kier molecular flexibility index (Phi) is 4.55. The normalized spacial score (nSPS) is 13.5. The van der Waals surface area contributed by atoms with E-state index in [9.17, 15) is 0 Å². The van der Waals surface area contributed by atoms with Crippen molar-refractivity contribution in [1.82, 2.24) is 9.97 Å². The summed E-state index contributed by atoms with van der Waals surface area (Å²) < 4.78 is 0. The van der Waals surface area contributed by atoms with Crippen molar-refractivity contribution in [1.29, 1.82) is 0 Å². The minimum atomic E-state index is 0. The predicted octanol–water partition coefficient (Wildman–Crippen LogP) is 5.35. The third-order valence-corrected chi connectivity index (χ3v) is 5.39. The SMILES string of the molecule is Cc1cccc(Nc2nc(C)nc3sc4c(c23)CCCC4)c1.Cl. The number of hydrogen-bond acceptors (Lipinski definition) is 4. The number of benzene rings is 1. The van der Waals surface area contributed by atoms with Crippen LogP contribution < -0.4 is 5.32 Å². The molecule has 1 aliphatic rings. The number of rotatable bonds is 2. The summed E-state index contributed by atoms with van der Waals surface area (Å²) in [6.07, 6.45) is 4.92. The molecule has 0 unspecified atom stereocenters. The molecule has 3 aromatic rings. The highest BCUT2D eigenvalue weighted by atomic mass is 35.5. The van der Waals surface area contributed by atoms with Crippen molar-refractivity contribution in [2.45, 2.75) is 39.5 Å². The molecule has 0 radical (unpaired) electrons. The Morgan fingerprint density at radius 1 is 1.09 bits per heavy atom. The minimum Gasteiger partial charge on any atom is -0.340 e. The maximum Gasteiger partial charge on any atom is 0.143 e. The molecule has 0 aliphatic heterocycles. The highest BCUT2D eigenvalue weighted by Gasteiger charge is 2.20. The number of fused-ring (bicyclic) bond motifs is 3. The molecule has 0 bridgehead atoms. The van der Waals surface area contributed by atoms with E-state index >= 15 is 0 Å². The molecular weight excluding hydrogens is 326 g/mol. The lowest BCUT2D eigenvalue weighted by Gasteiger charge is -2.13. The maximum atomic E-state index is 4.69. The molecule has 23 heavy (non-hydrogen) atoms. The summed E-state index contributed by atoms with van der Waals surface area (Å²) in [5, 5.41) is 4.76. The molecule has 5 heteroatoms. The molecule has 0 spiro atoms. The Morgan fingerprint density at radius 3 is 2.74 bits per heavy atom. The smallest absolute Gasteiger partial charge is 0.143 e. The van der Waals surface area contributed by atoms with Crippen molar-refractivity contribution in [3.8, 4) is 0 Å². The Bertz CT molecular complexity index is 857. The van der Waals surface area contributed by atoms with E-state index < -0.39 is 0 Å². The first-order valence-corrected chi connectivity index (χ1v) is 8.65. The zero-order valence-electron chi connectivity index (χ0n) is 13.3. The fourth-order valence-corrected chi connectivity index (χ4v) is 4.52. The van der Waals surface area contributed by atoms with Crippen molar-refractivity contribution in [3.63, 3.8) is 0 Å². The first-order chi connectivity index (χ1) is 10.7. The van der Waals surface area contributed by atoms with Crippen LogP contribution in [0.5, 0.6) is 0 Å². The van der Waals surface area contributed by atoms with Crippen molar-refractivity contribution in [2.24, 2.45) is 0 Å². The van der Waals surface area contributed by atoms with Crippen molar-refractivity contribution >= 4 is 45.5 Å². The standard InChI is InChI=1S/C18H19N3S.ClH/c1-11-6-5-7-13(10-11)21-17-16-14-8-3-4-9-15(14)22-18(16)20-12(2)19-17;/h5-7,10H,3-4,8-9H2,1-2H3,(H,19,20,21);1H. The topological polar surface area (TPSA) is 37.8 Å². The summed E-state index contributed by atoms with van der Waals surface area (Å²) >= 11 is 1.85. The lowest BCUT2D eigenvalue weighted by atomic mass is 9.97. The summed E-state index contributed by atoms with van der Waals surface area (Å²) in [6.45, 7) is 4.08. The predicted molar refractivity (Wildman–Crippen MR) is 101 cm³/mol. The largest absolute Gasteiger partial charge is 0.340 e. The van der Waals surface area contributed by atoms with Gasteiger partial charge >= 0.3 is 0 Å². The second kappa shape index (κ2) is 6.46. The van der Waals surface area contributed by atoms with Gasteiger partial charge in [0.1, 0.15) is 16.5 Å². The number of halogens is 1. The van der Waals surface area contributed by atoms with Crippen LogP contribution in [0.2, 0.25) is 0 Å². The monoisotopic (exact) mass is 345 g/mol. The van der Waals surface area contributed by atoms with E-state index in [1.165, 1.54) is 40.7 Å². The molecule has 1 aromatic carbocycles. The van der Waals surface area contributed by atoms with Gasteiger partial charge in [-0.2, -0.15) is 0 Å². The summed E-state index contributed by atoms with van der Waals surface area (Å²) in [6, 6.07) is 8.43. The summed E-state index contributed by atoms with van der Waals surface area (Å²) in [5.74, 6) is 1.80. The molecule has 3 nitrogen and oxygen atoms in total. The average molecular weight is 346 g/mol. The zero-order valence-corrected chi connectivity index (χ0v) is 15.0. The second-order valence-corrected chi connectivity index (χ2v) is 7.09. The van der Waals surface area contributed by atoms with E-state index in [0.29, 0.717) is 0 Å². The molecule has 2 heterocycles. The second-order valence-electron chi connectivity index (χ2n) is 6.00. The Morgan fingerprint density at radius 2 is 1.91 bits per heavy atom. The highest BCUT2D eigenvalue weighted by Crippen LogP contribution is 2.39. The first-order valence-electron chi connectivity index (χ1n) is 7.83. The number of hydrogen-bond donors (Lipinski definition) is 1. The Labute approximate surface area is 146 Å². The molecular formula is C18H20ClN3S. The van der Waals surface area contributed by atoms with Crippen LogP contribution in [-0.4, -0.2) is 9.97 Å². The quantitative estimate of drug-likeness (QED) is 0.680. The third-order valence-electron chi connectivity index (χ3n) is 4.21. The minimum absolute atomic E-state index is 0. The van der Waals surface area contributed by atoms with Crippen LogP contribution in [0.15, 0.2) is 24.3 Å². The van der Waals surface area contributed by atoms with Crippen LogP contribution >= 0.6 is 23.7 Å². The van der Waals surface area contributed by atoms with Gasteiger partial charge in [0, 0.05) is 10.6 Å². The van der Waals surface area contributed by atoms with Crippen LogP contribution in [0.3, 0.4) is 0 Å². The van der Waals surface area contributed by atoms with Gasteiger partial charge in [0.2, 0.25) is 0 Å². The van der Waals surface area contributed by atoms with Gasteiger partial charge in [-0.15, -0.1) is 23.7 Å². The van der Waals surface area contributed by atoms with Crippen LogP contribution in [0.25, 0.3) is 10.2 Å². The molecule has 120 valence electrons. The van der Waals surface area contributed by atoms with E-state index in [0.717, 1.165) is 28.6 Å². The van der Waals surface area contributed by atoms with Crippen molar-refractivity contribution in [3.05, 3.63) is 46.1 Å². The van der Waals surface area contributed by atoms with Crippen LogP contribution in [0.4, 0.5) is 11.5 Å². The Balaban J connectivity index is 0.00000156. The molecule has 0 saturated heterocycles. The maximum absolute atomic E-state index is 4.69. The third kappa shape index (κ3) is 3.06. The number of aryl methyl sites for hydroxylation is 4. The number of nitrogens with zero attached hydrogens (tertiary/aromatic N) is 2. The van der Waals surface area contributed by atoms with Crippen LogP contribution in [0, 0.1) is 13.8 Å². The molecule has 1 N–H and O–H groups in total. The molecule has 0 atom stereocenters. The van der Waals surface area contributed by atoms with Gasteiger partial charge in [-0.1, -0.05) is 12.1 Å². The van der Waals surface area contributed by atoms with Gasteiger partial charge in [0.05, 0.1) is 5.39 Å². The van der Waals surface area contributed by atoms with Gasteiger partial charge in [0.25, 0.3) is 0 Å². The van der Waals surface area contributed by atoms with Crippen LogP contribution in [-0.2, 0) is 12.8 Å². The molecule has 0 fully saturated rings. The Hall–Kier alpha value is -1.65. The number of anilines is 2. The molecule has 2 aromatic heterocycles. The van der Waals surface area contributed by atoms with Gasteiger partial charge < -0.3 is 5.32 Å². The van der Waals surface area contributed by atoms with E-state index in [1.54, 1.807) is 0 Å². The van der Waals surface area contributed by atoms with Crippen molar-refractivity contribution in [2.75, 3.05) is 5.32 Å². The van der Waals surface area contributed by atoms with Gasteiger partial charge in [-0.25, -0.2) is 9.97 Å². The number of thiophene rings is 1. The number of nitrogens with one attached hydrogen (secondary N) is 1. The van der Waals surface area contributed by atoms with Crippen LogP contribution in [0.1, 0.15) is 34.7 Å². The summed E-state index contributed by atoms with van der Waals surface area (Å²) in [4.78, 5) is 12.0. The van der Waals surface area contributed by atoms with E-state index in [1.807, 2.05) is 18.3 Å². The molecule has 4 rings (SSSR count). The van der Waals surface area contributed by atoms with Gasteiger partial charge in [0.15, 0.2) is 0 Å². The van der Waals surface area contributed by atoms with Crippen molar-refractivity contribution < 1.29 is 0 Å². The molecule has 0 saturated carbocycles. The first kappa shape index (κ1) is 16.2. The van der Waals surface area contributed by atoms with Gasteiger partial charge in [-0.05, 0) is 62.8 Å². The lowest BCUT2D eigenvalue weighted by Crippen LogP contribution is -2.02. The summed E-state index contributed by atoms with van der Waals surface area (Å²) in [7, 11) is 0. The summed E-state index contributed by atoms with van der Waals surface area (Å²) in [5.41, 5.74) is 3.82. The fraction of sp³-hybridized carbons (Fsp3) is 0.333. The lowest BCUT2D eigenvalue weighted by molar-refractivity contribution is 0.700. The van der Waals surface area contributed by atoms with E-state index in [2.05, 4.69) is 41.5 Å². The number of aromatic nitrogens is 2. The van der Waals surface area contributed by atoms with E-state index in [-0.39, 0.29) is 12.4 Å². The highest BCUT2D eigenvalue weighted by molar-refractivity contribution is 7.19. The molecule has 1 aliphatic carbocycles. The molecule has 0 amide bonds.